The van der Waals surface area contributed by atoms with Crippen molar-refractivity contribution in [2.75, 3.05) is 27.9 Å². The van der Waals surface area contributed by atoms with Gasteiger partial charge >= 0.3 is 0 Å². The third-order valence-corrected chi connectivity index (χ3v) is 5.18. The van der Waals surface area contributed by atoms with E-state index >= 15 is 0 Å². The summed E-state index contributed by atoms with van der Waals surface area (Å²) in [5.74, 6) is 1.08. The average Bonchev–Trinajstić information content (AvgIpc) is 2.75. The molecule has 0 saturated carbocycles. The van der Waals surface area contributed by atoms with Crippen LogP contribution in [-0.2, 0) is 9.53 Å². The molecule has 0 aliphatic rings. The number of pyridine rings is 1. The highest BCUT2D eigenvalue weighted by Crippen LogP contribution is 2.35. The fourth-order valence-electron chi connectivity index (χ4n) is 2.97. The van der Waals surface area contributed by atoms with Gasteiger partial charge in [-0.3, -0.25) is 14.8 Å². The van der Waals surface area contributed by atoms with Crippen LogP contribution in [0.5, 0.6) is 11.5 Å². The lowest BCUT2D eigenvalue weighted by Gasteiger charge is -2.14. The number of methoxy groups -OCH3 is 3. The van der Waals surface area contributed by atoms with Crippen LogP contribution >= 0.6 is 15.9 Å². The topological polar surface area (TPSA) is 70.0 Å². The van der Waals surface area contributed by atoms with Crippen LogP contribution in [0.25, 0.3) is 10.9 Å². The minimum Gasteiger partial charge on any atom is -0.495 e. The Labute approximate surface area is 177 Å². The van der Waals surface area contributed by atoms with Crippen LogP contribution in [0.1, 0.15) is 17.2 Å². The largest absolute Gasteiger partial charge is 0.495 e. The van der Waals surface area contributed by atoms with Gasteiger partial charge in [0.1, 0.15) is 28.6 Å². The second kappa shape index (κ2) is 9.62. The first-order chi connectivity index (χ1) is 14.1. The van der Waals surface area contributed by atoms with Gasteiger partial charge in [-0.1, -0.05) is 18.2 Å². The molecule has 0 bridgehead atoms. The van der Waals surface area contributed by atoms with E-state index in [-0.39, 0.29) is 12.3 Å². The Balaban J connectivity index is 1.76. The van der Waals surface area contributed by atoms with Gasteiger partial charge in [0.25, 0.3) is 0 Å². The van der Waals surface area contributed by atoms with Gasteiger partial charge in [0.15, 0.2) is 5.78 Å². The molecule has 0 aliphatic carbocycles. The number of hydrogen-bond donors (Lipinski definition) is 0. The molecule has 1 unspecified atom stereocenters. The summed E-state index contributed by atoms with van der Waals surface area (Å²) in [6, 6.07) is 13.3. The van der Waals surface area contributed by atoms with Gasteiger partial charge in [-0.05, 0) is 45.8 Å². The van der Waals surface area contributed by atoms with Gasteiger partial charge in [-0.2, -0.15) is 0 Å². The van der Waals surface area contributed by atoms with Crippen molar-refractivity contribution in [2.24, 2.45) is 4.99 Å². The van der Waals surface area contributed by atoms with Crippen molar-refractivity contribution < 1.29 is 19.0 Å². The molecule has 0 aliphatic heterocycles. The molecule has 2 aromatic carbocycles. The van der Waals surface area contributed by atoms with Crippen molar-refractivity contribution in [3.05, 3.63) is 64.3 Å². The summed E-state index contributed by atoms with van der Waals surface area (Å²) in [6.07, 6.45) is 2.56. The van der Waals surface area contributed by atoms with Gasteiger partial charge in [-0.15, -0.1) is 0 Å². The average molecular weight is 457 g/mol. The van der Waals surface area contributed by atoms with Gasteiger partial charge in [0, 0.05) is 30.5 Å². The summed E-state index contributed by atoms with van der Waals surface area (Å²) < 4.78 is 16.8. The highest BCUT2D eigenvalue weighted by Gasteiger charge is 2.20. The Bertz CT molecular complexity index is 1030. The van der Waals surface area contributed by atoms with Crippen molar-refractivity contribution in [1.82, 2.24) is 4.98 Å². The molecule has 1 atom stereocenters. The summed E-state index contributed by atoms with van der Waals surface area (Å²) in [5, 5.41) is 0.956. The van der Waals surface area contributed by atoms with Gasteiger partial charge < -0.3 is 14.2 Å². The minimum atomic E-state index is -0.724. The zero-order valence-corrected chi connectivity index (χ0v) is 18.0. The second-order valence-electron chi connectivity index (χ2n) is 6.25. The molecule has 7 heteroatoms. The van der Waals surface area contributed by atoms with E-state index in [1.807, 2.05) is 42.5 Å². The Morgan fingerprint density at radius 2 is 1.83 bits per heavy atom. The molecule has 150 valence electrons. The van der Waals surface area contributed by atoms with E-state index < -0.39 is 6.10 Å². The summed E-state index contributed by atoms with van der Waals surface area (Å²) in [5.41, 5.74) is 2.34. The van der Waals surface area contributed by atoms with Crippen molar-refractivity contribution >= 4 is 38.8 Å². The highest BCUT2D eigenvalue weighted by atomic mass is 79.9. The lowest BCUT2D eigenvalue weighted by atomic mass is 10.1. The molecule has 0 saturated heterocycles. The molecule has 0 N–H and O–H groups in total. The lowest BCUT2D eigenvalue weighted by molar-refractivity contribution is -0.127. The first kappa shape index (κ1) is 21.0. The standard InChI is InChI=1S/C22H21BrN2O4/c1-27-19-8-14(9-20(28-2)21(19)23)11-24-13-18(26)22(29-3)16-10-15-6-4-5-7-17(15)25-12-16/h4-12,22H,13H2,1-3H3. The number of Topliss-reactive ketones (excluding diaryl/α,β-unsaturated/α-hetero) is 1. The number of rotatable bonds is 8. The molecule has 1 heterocycles. The smallest absolute Gasteiger partial charge is 0.187 e. The van der Waals surface area contributed by atoms with Crippen molar-refractivity contribution in [1.29, 1.82) is 0 Å². The molecule has 0 spiro atoms. The fourth-order valence-corrected chi connectivity index (χ4v) is 3.53. The molecule has 0 fully saturated rings. The second-order valence-corrected chi connectivity index (χ2v) is 7.05. The number of carbonyl (C=O) groups is 1. The molecular formula is C22H21BrN2O4. The summed E-state index contributed by atoms with van der Waals surface area (Å²) in [4.78, 5) is 21.4. The number of ketones is 1. The Hall–Kier alpha value is -2.77. The maximum absolute atomic E-state index is 12.7. The molecule has 1 aromatic heterocycles. The quantitative estimate of drug-likeness (QED) is 0.470. The Morgan fingerprint density at radius 1 is 1.14 bits per heavy atom. The van der Waals surface area contributed by atoms with E-state index in [9.17, 15) is 4.79 Å². The Morgan fingerprint density at radius 3 is 2.48 bits per heavy atom. The van der Waals surface area contributed by atoms with Crippen molar-refractivity contribution in [3.63, 3.8) is 0 Å². The van der Waals surface area contributed by atoms with Crippen LogP contribution in [0.15, 0.2) is 58.1 Å². The maximum atomic E-state index is 12.7. The maximum Gasteiger partial charge on any atom is 0.187 e. The minimum absolute atomic E-state index is 0.0218. The molecule has 0 amide bonds. The number of benzene rings is 2. The van der Waals surface area contributed by atoms with Gasteiger partial charge in [0.05, 0.1) is 19.7 Å². The number of ether oxygens (including phenoxy) is 3. The van der Waals surface area contributed by atoms with E-state index in [1.54, 1.807) is 26.6 Å². The van der Waals surface area contributed by atoms with Crippen molar-refractivity contribution in [3.8, 4) is 11.5 Å². The van der Waals surface area contributed by atoms with E-state index in [4.69, 9.17) is 14.2 Å². The number of aliphatic imine (C=N–C) groups is 1. The number of hydrogen-bond acceptors (Lipinski definition) is 6. The number of fused-ring (bicyclic) bond motifs is 1. The van der Waals surface area contributed by atoms with E-state index in [2.05, 4.69) is 25.9 Å². The summed E-state index contributed by atoms with van der Waals surface area (Å²) in [7, 11) is 4.65. The third kappa shape index (κ3) is 4.81. The molecule has 6 nitrogen and oxygen atoms in total. The number of halogens is 1. The van der Waals surface area contributed by atoms with Crippen LogP contribution in [-0.4, -0.2) is 44.9 Å². The van der Waals surface area contributed by atoms with Crippen LogP contribution in [0.3, 0.4) is 0 Å². The lowest BCUT2D eigenvalue weighted by Crippen LogP contribution is -2.17. The first-order valence-corrected chi connectivity index (χ1v) is 9.68. The Kier molecular flexibility index (Phi) is 6.95. The van der Waals surface area contributed by atoms with Crippen LogP contribution in [0.2, 0.25) is 0 Å². The number of carbonyl (C=O) groups excluding carboxylic acids is 1. The summed E-state index contributed by atoms with van der Waals surface area (Å²) >= 11 is 3.43. The van der Waals surface area contributed by atoms with Gasteiger partial charge in [-0.25, -0.2) is 0 Å². The van der Waals surface area contributed by atoms with Crippen LogP contribution < -0.4 is 9.47 Å². The molecule has 3 aromatic rings. The van der Waals surface area contributed by atoms with Gasteiger partial charge in [0.2, 0.25) is 0 Å². The monoisotopic (exact) mass is 456 g/mol. The van der Waals surface area contributed by atoms with Crippen LogP contribution in [0.4, 0.5) is 0 Å². The molecule has 3 rings (SSSR count). The van der Waals surface area contributed by atoms with E-state index in [0.717, 1.165) is 20.9 Å². The number of para-hydroxylation sites is 1. The van der Waals surface area contributed by atoms with Crippen LogP contribution in [0, 0.1) is 0 Å². The first-order valence-electron chi connectivity index (χ1n) is 8.89. The normalized spacial score (nSPS) is 12.3. The number of nitrogens with zero attached hydrogens (tertiary/aromatic N) is 2. The predicted molar refractivity (Wildman–Crippen MR) is 116 cm³/mol. The zero-order chi connectivity index (χ0) is 20.8. The van der Waals surface area contributed by atoms with E-state index in [1.165, 1.54) is 7.11 Å². The highest BCUT2D eigenvalue weighted by molar-refractivity contribution is 9.10. The molecule has 29 heavy (non-hydrogen) atoms. The predicted octanol–water partition coefficient (Wildman–Crippen LogP) is 4.39. The summed E-state index contributed by atoms with van der Waals surface area (Å²) in [6.45, 7) is -0.0218. The van der Waals surface area contributed by atoms with E-state index in [0.29, 0.717) is 17.1 Å². The van der Waals surface area contributed by atoms with Crippen molar-refractivity contribution in [2.45, 2.75) is 6.10 Å². The SMILES string of the molecule is COc1cc(C=NCC(=O)C(OC)c2cnc3ccccc3c2)cc(OC)c1Br. The molecular weight excluding hydrogens is 436 g/mol. The fraction of sp³-hybridized carbons (Fsp3) is 0.227. The molecule has 0 radical (unpaired) electrons. The number of aromatic nitrogens is 1. The zero-order valence-electron chi connectivity index (χ0n) is 16.4. The third-order valence-electron chi connectivity index (χ3n) is 4.40.